The predicted octanol–water partition coefficient (Wildman–Crippen LogP) is 1.21. The lowest BCUT2D eigenvalue weighted by Crippen LogP contribution is -2.48. The minimum Gasteiger partial charge on any atom is -0.388 e. The van der Waals surface area contributed by atoms with Crippen LogP contribution in [0.15, 0.2) is 18.5 Å². The Morgan fingerprint density at radius 1 is 1.65 bits per heavy atom. The van der Waals surface area contributed by atoms with Gasteiger partial charge in [0.1, 0.15) is 0 Å². The molecule has 1 aromatic rings. The number of nitrogens with zero attached hydrogens (tertiary/aromatic N) is 2. The van der Waals surface area contributed by atoms with Crippen LogP contribution in [0.5, 0.6) is 0 Å². The third-order valence-electron chi connectivity index (χ3n) is 2.96. The Kier molecular flexibility index (Phi) is 3.11. The van der Waals surface area contributed by atoms with Crippen LogP contribution in [0.4, 0.5) is 4.39 Å². The average Bonchev–Trinajstić information content (AvgIpc) is 2.27. The summed E-state index contributed by atoms with van der Waals surface area (Å²) in [5, 5.41) is 9.91. The van der Waals surface area contributed by atoms with Crippen LogP contribution in [0, 0.1) is 5.82 Å². The van der Waals surface area contributed by atoms with Crippen molar-refractivity contribution in [1.82, 2.24) is 9.88 Å². The van der Waals surface area contributed by atoms with Crippen molar-refractivity contribution in [1.29, 1.82) is 0 Å². The number of likely N-dealkylation sites (tertiary alicyclic amines) is 1. The van der Waals surface area contributed by atoms with E-state index in [0.29, 0.717) is 13.0 Å². The van der Waals surface area contributed by atoms with Gasteiger partial charge in [-0.25, -0.2) is 4.39 Å². The van der Waals surface area contributed by atoms with Crippen LogP contribution in [-0.4, -0.2) is 39.6 Å². The highest BCUT2D eigenvalue weighted by Crippen LogP contribution is 2.22. The molecule has 92 valence electrons. The lowest BCUT2D eigenvalue weighted by Gasteiger charge is -2.36. The van der Waals surface area contributed by atoms with Crippen LogP contribution in [0.3, 0.4) is 0 Å². The summed E-state index contributed by atoms with van der Waals surface area (Å²) in [6.07, 6.45) is 3.80. The Balaban J connectivity index is 2.18. The van der Waals surface area contributed by atoms with Gasteiger partial charge in [-0.1, -0.05) is 0 Å². The molecule has 4 nitrogen and oxygen atoms in total. The first kappa shape index (κ1) is 12.0. The molecule has 17 heavy (non-hydrogen) atoms. The second-order valence-electron chi connectivity index (χ2n) is 4.68. The van der Waals surface area contributed by atoms with Crippen molar-refractivity contribution < 1.29 is 14.3 Å². The van der Waals surface area contributed by atoms with Crippen molar-refractivity contribution in [2.75, 3.05) is 13.1 Å². The number of hydrogen-bond donors (Lipinski definition) is 1. The van der Waals surface area contributed by atoms with E-state index in [1.165, 1.54) is 17.2 Å². The molecule has 1 aromatic heterocycles. The normalized spacial score (nSPS) is 24.8. The van der Waals surface area contributed by atoms with E-state index in [1.807, 2.05) is 0 Å². The van der Waals surface area contributed by atoms with Gasteiger partial charge in [0, 0.05) is 19.3 Å². The molecular formula is C12H15FN2O2. The first-order valence-corrected chi connectivity index (χ1v) is 5.61. The van der Waals surface area contributed by atoms with Crippen molar-refractivity contribution in [2.24, 2.45) is 0 Å². The van der Waals surface area contributed by atoms with E-state index in [9.17, 15) is 14.3 Å². The highest BCUT2D eigenvalue weighted by molar-refractivity contribution is 5.94. The van der Waals surface area contributed by atoms with Gasteiger partial charge in [0.15, 0.2) is 5.82 Å². The Labute approximate surface area is 99.1 Å². The maximum absolute atomic E-state index is 13.4. The largest absolute Gasteiger partial charge is 0.388 e. The van der Waals surface area contributed by atoms with Gasteiger partial charge in [0.25, 0.3) is 5.91 Å². The molecule has 1 amide bonds. The fourth-order valence-corrected chi connectivity index (χ4v) is 2.11. The third kappa shape index (κ3) is 2.61. The van der Waals surface area contributed by atoms with E-state index in [0.717, 1.165) is 12.6 Å². The summed E-state index contributed by atoms with van der Waals surface area (Å²) >= 11 is 0. The van der Waals surface area contributed by atoms with Gasteiger partial charge < -0.3 is 10.0 Å². The first-order chi connectivity index (χ1) is 7.99. The van der Waals surface area contributed by atoms with E-state index >= 15 is 0 Å². The summed E-state index contributed by atoms with van der Waals surface area (Å²) in [7, 11) is 0. The SMILES string of the molecule is CC1(O)CCCN(C(=O)c2ccncc2F)C1. The van der Waals surface area contributed by atoms with Crippen molar-refractivity contribution in [3.8, 4) is 0 Å². The molecule has 1 N–H and O–H groups in total. The van der Waals surface area contributed by atoms with Crippen molar-refractivity contribution >= 4 is 5.91 Å². The highest BCUT2D eigenvalue weighted by atomic mass is 19.1. The number of piperidine rings is 1. The molecule has 2 heterocycles. The average molecular weight is 238 g/mol. The molecule has 1 fully saturated rings. The number of carbonyl (C=O) groups excluding carboxylic acids is 1. The maximum Gasteiger partial charge on any atom is 0.257 e. The number of pyridine rings is 1. The van der Waals surface area contributed by atoms with Crippen molar-refractivity contribution in [3.05, 3.63) is 29.8 Å². The fourth-order valence-electron chi connectivity index (χ4n) is 2.11. The number of halogens is 1. The summed E-state index contributed by atoms with van der Waals surface area (Å²) in [6, 6.07) is 1.36. The molecule has 1 atom stereocenters. The van der Waals surface area contributed by atoms with Crippen LogP contribution in [0.2, 0.25) is 0 Å². The second-order valence-corrected chi connectivity index (χ2v) is 4.68. The summed E-state index contributed by atoms with van der Waals surface area (Å²) in [4.78, 5) is 17.1. The molecule has 1 aliphatic rings. The first-order valence-electron chi connectivity index (χ1n) is 5.61. The zero-order valence-electron chi connectivity index (χ0n) is 9.69. The van der Waals surface area contributed by atoms with Gasteiger partial charge >= 0.3 is 0 Å². The van der Waals surface area contributed by atoms with Crippen LogP contribution < -0.4 is 0 Å². The molecule has 0 bridgehead atoms. The van der Waals surface area contributed by atoms with Crippen LogP contribution in [-0.2, 0) is 0 Å². The second kappa shape index (κ2) is 4.41. The van der Waals surface area contributed by atoms with Gasteiger partial charge in [-0.3, -0.25) is 9.78 Å². The van der Waals surface area contributed by atoms with Crippen LogP contribution in [0.25, 0.3) is 0 Å². The van der Waals surface area contributed by atoms with Gasteiger partial charge in [0.2, 0.25) is 0 Å². The Morgan fingerprint density at radius 2 is 2.41 bits per heavy atom. The van der Waals surface area contributed by atoms with Gasteiger partial charge in [-0.2, -0.15) is 0 Å². The zero-order valence-corrected chi connectivity index (χ0v) is 9.69. The standard InChI is InChI=1S/C12H15FN2O2/c1-12(17)4-2-6-15(8-12)11(16)9-3-5-14-7-10(9)13/h3,5,7,17H,2,4,6,8H2,1H3. The van der Waals surface area contributed by atoms with Gasteiger partial charge in [-0.15, -0.1) is 0 Å². The minimum atomic E-state index is -0.878. The minimum absolute atomic E-state index is 0.0118. The van der Waals surface area contributed by atoms with Gasteiger partial charge in [0.05, 0.1) is 17.4 Å². The smallest absolute Gasteiger partial charge is 0.257 e. The topological polar surface area (TPSA) is 53.4 Å². The number of carbonyl (C=O) groups is 1. The molecule has 1 aliphatic heterocycles. The Hall–Kier alpha value is -1.49. The molecule has 2 rings (SSSR count). The molecule has 0 radical (unpaired) electrons. The van der Waals surface area contributed by atoms with Crippen LogP contribution >= 0.6 is 0 Å². The van der Waals surface area contributed by atoms with E-state index < -0.39 is 11.4 Å². The lowest BCUT2D eigenvalue weighted by atomic mass is 9.95. The quantitative estimate of drug-likeness (QED) is 0.800. The predicted molar refractivity (Wildman–Crippen MR) is 60.0 cm³/mol. The van der Waals surface area contributed by atoms with Crippen molar-refractivity contribution in [2.45, 2.75) is 25.4 Å². The monoisotopic (exact) mass is 238 g/mol. The van der Waals surface area contributed by atoms with Crippen molar-refractivity contribution in [3.63, 3.8) is 0 Å². The number of aliphatic hydroxyl groups is 1. The third-order valence-corrected chi connectivity index (χ3v) is 2.96. The molecule has 0 saturated carbocycles. The summed E-state index contributed by atoms with van der Waals surface area (Å²) in [6.45, 7) is 2.49. The van der Waals surface area contributed by atoms with E-state index in [-0.39, 0.29) is 18.0 Å². The number of amides is 1. The maximum atomic E-state index is 13.4. The number of hydrogen-bond acceptors (Lipinski definition) is 3. The fraction of sp³-hybridized carbons (Fsp3) is 0.500. The molecule has 1 unspecified atom stereocenters. The van der Waals surface area contributed by atoms with E-state index in [1.54, 1.807) is 6.92 Å². The van der Waals surface area contributed by atoms with E-state index in [2.05, 4.69) is 4.98 Å². The lowest BCUT2D eigenvalue weighted by molar-refractivity contribution is -0.0109. The summed E-state index contributed by atoms with van der Waals surface area (Å²) in [5.41, 5.74) is -0.866. The number of rotatable bonds is 1. The van der Waals surface area contributed by atoms with E-state index in [4.69, 9.17) is 0 Å². The molecule has 0 aliphatic carbocycles. The molecule has 5 heteroatoms. The molecule has 1 saturated heterocycles. The molecule has 0 aromatic carbocycles. The Morgan fingerprint density at radius 3 is 3.06 bits per heavy atom. The van der Waals surface area contributed by atoms with Crippen LogP contribution in [0.1, 0.15) is 30.1 Å². The molecule has 0 spiro atoms. The number of β-amino-alcohol motifs (C(OH)–C–C–N with tert-alkyl or cyclic N) is 1. The van der Waals surface area contributed by atoms with Gasteiger partial charge in [-0.05, 0) is 25.8 Å². The number of aromatic nitrogens is 1. The zero-order chi connectivity index (χ0) is 12.5. The highest BCUT2D eigenvalue weighted by Gasteiger charge is 2.32. The Bertz CT molecular complexity index is 434. The molecular weight excluding hydrogens is 223 g/mol. The summed E-state index contributed by atoms with van der Waals surface area (Å²) in [5.74, 6) is -1.01. The summed E-state index contributed by atoms with van der Waals surface area (Å²) < 4.78 is 13.4.